The molecule has 1 aliphatic rings. The van der Waals surface area contributed by atoms with Crippen molar-refractivity contribution in [3.63, 3.8) is 0 Å². The highest BCUT2D eigenvalue weighted by molar-refractivity contribution is 5.86. The highest BCUT2D eigenvalue weighted by Crippen LogP contribution is 2.27. The standard InChI is InChI=1S/C22H23NO2/c1-4-17-14-19(13-12-15(17)2)25-22(24)23-16(3)20-11-7-9-18-8-5-6-10-21(18)20/h1,5-11,16,19H,12-14H2,2-3H3,(H,23,24)/t16-,19-/m0/s1. The van der Waals surface area contributed by atoms with E-state index in [9.17, 15) is 4.79 Å². The molecular weight excluding hydrogens is 310 g/mol. The lowest BCUT2D eigenvalue weighted by Gasteiger charge is -2.25. The van der Waals surface area contributed by atoms with E-state index in [1.807, 2.05) is 38.1 Å². The van der Waals surface area contributed by atoms with Gasteiger partial charge in [0.15, 0.2) is 0 Å². The number of carbonyl (C=O) groups excluding carboxylic acids is 1. The number of ether oxygens (including phenoxy) is 1. The smallest absolute Gasteiger partial charge is 0.407 e. The maximum atomic E-state index is 12.3. The molecular formula is C22H23NO2. The summed E-state index contributed by atoms with van der Waals surface area (Å²) in [6.07, 6.45) is 7.35. The quantitative estimate of drug-likeness (QED) is 0.791. The number of hydrogen-bond donors (Lipinski definition) is 1. The Morgan fingerprint density at radius 1 is 1.28 bits per heavy atom. The maximum Gasteiger partial charge on any atom is 0.407 e. The van der Waals surface area contributed by atoms with Gasteiger partial charge in [-0.2, -0.15) is 0 Å². The second-order valence-corrected chi connectivity index (χ2v) is 6.61. The third-order valence-corrected chi connectivity index (χ3v) is 4.86. The van der Waals surface area contributed by atoms with Crippen molar-refractivity contribution in [2.75, 3.05) is 0 Å². The zero-order chi connectivity index (χ0) is 17.8. The van der Waals surface area contributed by atoms with Crippen LogP contribution in [0.3, 0.4) is 0 Å². The minimum absolute atomic E-state index is 0.133. The van der Waals surface area contributed by atoms with Crippen LogP contribution in [0.1, 0.15) is 44.7 Å². The molecule has 0 saturated heterocycles. The first-order chi connectivity index (χ1) is 12.1. The first-order valence-corrected chi connectivity index (χ1v) is 8.68. The molecule has 1 amide bonds. The number of terminal acetylenes is 1. The minimum Gasteiger partial charge on any atom is -0.446 e. The van der Waals surface area contributed by atoms with Crippen LogP contribution in [0.2, 0.25) is 0 Å². The van der Waals surface area contributed by atoms with E-state index in [4.69, 9.17) is 11.2 Å². The van der Waals surface area contributed by atoms with E-state index < -0.39 is 0 Å². The summed E-state index contributed by atoms with van der Waals surface area (Å²) >= 11 is 0. The molecule has 128 valence electrons. The number of benzene rings is 2. The third kappa shape index (κ3) is 3.85. The van der Waals surface area contributed by atoms with Crippen LogP contribution in [-0.2, 0) is 4.74 Å². The Balaban J connectivity index is 1.66. The minimum atomic E-state index is -0.388. The van der Waals surface area contributed by atoms with Crippen LogP contribution in [0.15, 0.2) is 53.6 Å². The van der Waals surface area contributed by atoms with Crippen LogP contribution in [-0.4, -0.2) is 12.2 Å². The van der Waals surface area contributed by atoms with Gasteiger partial charge in [0, 0.05) is 12.0 Å². The summed E-state index contributed by atoms with van der Waals surface area (Å²) < 4.78 is 5.60. The monoisotopic (exact) mass is 333 g/mol. The number of amides is 1. The van der Waals surface area contributed by atoms with E-state index in [2.05, 4.69) is 29.4 Å². The van der Waals surface area contributed by atoms with Gasteiger partial charge < -0.3 is 10.1 Å². The van der Waals surface area contributed by atoms with Gasteiger partial charge in [-0.25, -0.2) is 4.79 Å². The molecule has 1 aliphatic carbocycles. The van der Waals surface area contributed by atoms with Crippen molar-refractivity contribution in [2.45, 2.75) is 45.3 Å². The van der Waals surface area contributed by atoms with Crippen LogP contribution in [0.4, 0.5) is 4.79 Å². The Hall–Kier alpha value is -2.73. The summed E-state index contributed by atoms with van der Waals surface area (Å²) in [5.74, 6) is 2.71. The lowest BCUT2D eigenvalue weighted by atomic mass is 9.91. The molecule has 1 N–H and O–H groups in total. The first-order valence-electron chi connectivity index (χ1n) is 8.68. The van der Waals surface area contributed by atoms with Gasteiger partial charge in [0.25, 0.3) is 0 Å². The van der Waals surface area contributed by atoms with Gasteiger partial charge in [-0.05, 0) is 43.0 Å². The molecule has 25 heavy (non-hydrogen) atoms. The Kier molecular flexibility index (Phi) is 5.09. The summed E-state index contributed by atoms with van der Waals surface area (Å²) in [6, 6.07) is 14.2. The van der Waals surface area contributed by atoms with Crippen molar-refractivity contribution in [1.29, 1.82) is 0 Å². The summed E-state index contributed by atoms with van der Waals surface area (Å²) in [6.45, 7) is 4.02. The average Bonchev–Trinajstić information content (AvgIpc) is 2.62. The molecule has 2 aromatic rings. The second kappa shape index (κ2) is 7.44. The fraction of sp³-hybridized carbons (Fsp3) is 0.318. The lowest BCUT2D eigenvalue weighted by Crippen LogP contribution is -2.32. The molecule has 0 aromatic heterocycles. The van der Waals surface area contributed by atoms with E-state index in [0.29, 0.717) is 6.42 Å². The van der Waals surface area contributed by atoms with E-state index in [0.717, 1.165) is 34.8 Å². The van der Waals surface area contributed by atoms with Gasteiger partial charge in [-0.15, -0.1) is 6.42 Å². The number of alkyl carbamates (subject to hydrolysis) is 1. The lowest BCUT2D eigenvalue weighted by molar-refractivity contribution is 0.0880. The predicted molar refractivity (Wildman–Crippen MR) is 101 cm³/mol. The van der Waals surface area contributed by atoms with Gasteiger partial charge in [-0.3, -0.25) is 0 Å². The van der Waals surface area contributed by atoms with Crippen molar-refractivity contribution in [1.82, 2.24) is 5.32 Å². The summed E-state index contributed by atoms with van der Waals surface area (Å²) in [5, 5.41) is 5.25. The van der Waals surface area contributed by atoms with Crippen molar-refractivity contribution in [2.24, 2.45) is 0 Å². The molecule has 3 nitrogen and oxygen atoms in total. The van der Waals surface area contributed by atoms with E-state index in [1.165, 1.54) is 5.57 Å². The van der Waals surface area contributed by atoms with Crippen molar-refractivity contribution < 1.29 is 9.53 Å². The fourth-order valence-corrected chi connectivity index (χ4v) is 3.38. The van der Waals surface area contributed by atoms with E-state index in [1.54, 1.807) is 0 Å². The normalized spacial score (nSPS) is 18.5. The molecule has 2 atom stereocenters. The van der Waals surface area contributed by atoms with E-state index >= 15 is 0 Å². The Bertz CT molecular complexity index is 854. The number of carbonyl (C=O) groups is 1. The van der Waals surface area contributed by atoms with Gasteiger partial charge in [-0.1, -0.05) is 54.0 Å². The van der Waals surface area contributed by atoms with Crippen molar-refractivity contribution in [3.05, 3.63) is 59.2 Å². The Morgan fingerprint density at radius 2 is 2.04 bits per heavy atom. The molecule has 0 spiro atoms. The zero-order valence-electron chi connectivity index (χ0n) is 14.7. The number of rotatable bonds is 3. The third-order valence-electron chi connectivity index (χ3n) is 4.86. The average molecular weight is 333 g/mol. The van der Waals surface area contributed by atoms with Gasteiger partial charge in [0.1, 0.15) is 6.10 Å². The molecule has 0 heterocycles. The molecule has 0 fully saturated rings. The van der Waals surface area contributed by atoms with Crippen LogP contribution < -0.4 is 5.32 Å². The highest BCUT2D eigenvalue weighted by Gasteiger charge is 2.22. The predicted octanol–water partition coefficient (Wildman–Crippen LogP) is 5.13. The fourth-order valence-electron chi connectivity index (χ4n) is 3.38. The topological polar surface area (TPSA) is 38.3 Å². The summed E-state index contributed by atoms with van der Waals surface area (Å²) in [4.78, 5) is 12.3. The summed E-state index contributed by atoms with van der Waals surface area (Å²) in [5.41, 5.74) is 3.27. The molecule has 2 aromatic carbocycles. The largest absolute Gasteiger partial charge is 0.446 e. The van der Waals surface area contributed by atoms with Gasteiger partial charge in [0.2, 0.25) is 0 Å². The molecule has 0 bridgehead atoms. The number of nitrogens with one attached hydrogen (secondary N) is 1. The van der Waals surface area contributed by atoms with Gasteiger partial charge >= 0.3 is 6.09 Å². The first kappa shape index (κ1) is 17.1. The zero-order valence-corrected chi connectivity index (χ0v) is 14.7. The number of hydrogen-bond acceptors (Lipinski definition) is 2. The maximum absolute atomic E-state index is 12.3. The number of fused-ring (bicyclic) bond motifs is 1. The summed E-state index contributed by atoms with van der Waals surface area (Å²) in [7, 11) is 0. The second-order valence-electron chi connectivity index (χ2n) is 6.61. The molecule has 0 aliphatic heterocycles. The molecule has 3 rings (SSSR count). The van der Waals surface area contributed by atoms with Gasteiger partial charge in [0.05, 0.1) is 6.04 Å². The number of allylic oxidation sites excluding steroid dienone is 1. The van der Waals surface area contributed by atoms with E-state index in [-0.39, 0.29) is 18.2 Å². The van der Waals surface area contributed by atoms with Crippen LogP contribution in [0, 0.1) is 12.3 Å². The Labute approximate surface area is 149 Å². The van der Waals surface area contributed by atoms with Crippen LogP contribution in [0.25, 0.3) is 10.8 Å². The Morgan fingerprint density at radius 3 is 2.84 bits per heavy atom. The SMILES string of the molecule is C#CC1=C(C)CC[C@H](OC(=O)N[C@@H](C)c2cccc3ccccc23)C1. The molecule has 0 unspecified atom stereocenters. The van der Waals surface area contributed by atoms with Crippen molar-refractivity contribution in [3.8, 4) is 12.3 Å². The van der Waals surface area contributed by atoms with Crippen LogP contribution in [0.5, 0.6) is 0 Å². The van der Waals surface area contributed by atoms with Crippen molar-refractivity contribution >= 4 is 16.9 Å². The molecule has 0 radical (unpaired) electrons. The highest BCUT2D eigenvalue weighted by atomic mass is 16.6. The van der Waals surface area contributed by atoms with Crippen LogP contribution >= 0.6 is 0 Å². The molecule has 0 saturated carbocycles. The molecule has 3 heteroatoms.